The Morgan fingerprint density at radius 1 is 0.852 bits per heavy atom. The summed E-state index contributed by atoms with van der Waals surface area (Å²) in [5.41, 5.74) is 7.43. The Hall–Kier alpha value is -2.17. The van der Waals surface area contributed by atoms with Gasteiger partial charge in [0.05, 0.1) is 24.7 Å². The lowest BCUT2D eigenvalue weighted by atomic mass is 9.66. The fraction of sp³-hybridized carbons (Fsp3) is 0.217. The fourth-order valence-corrected chi connectivity index (χ4v) is 3.91. The zero-order chi connectivity index (χ0) is 19.1. The van der Waals surface area contributed by atoms with Gasteiger partial charge in [-0.05, 0) is 22.8 Å². The minimum absolute atomic E-state index is 0.145. The molecule has 3 N–H and O–H groups in total. The molecule has 0 fully saturated rings. The molecule has 0 radical (unpaired) electrons. The largest absolute Gasteiger partial charge is 0.389 e. The number of hydrogen-bond donors (Lipinski definition) is 2. The van der Waals surface area contributed by atoms with Crippen LogP contribution in [0, 0.1) is 0 Å². The Labute approximate surface area is 165 Å². The summed E-state index contributed by atoms with van der Waals surface area (Å²) in [7, 11) is 0. The fourth-order valence-electron chi connectivity index (χ4n) is 3.63. The molecule has 3 aromatic carbocycles. The first kappa shape index (κ1) is 19.6. The smallest absolute Gasteiger partial charge is 0.0951 e. The van der Waals surface area contributed by atoms with Gasteiger partial charge in [0.15, 0.2) is 0 Å². The number of rotatable bonds is 8. The third kappa shape index (κ3) is 3.92. The number of benzene rings is 3. The van der Waals surface area contributed by atoms with Crippen LogP contribution in [0.5, 0.6) is 0 Å². The van der Waals surface area contributed by atoms with E-state index in [2.05, 4.69) is 0 Å². The molecule has 0 heterocycles. The Bertz CT molecular complexity index is 800. The summed E-state index contributed by atoms with van der Waals surface area (Å²) in [4.78, 5) is 0. The topological polar surface area (TPSA) is 55.5 Å². The van der Waals surface area contributed by atoms with Crippen LogP contribution in [-0.4, -0.2) is 31.0 Å². The van der Waals surface area contributed by atoms with Crippen molar-refractivity contribution < 1.29 is 9.84 Å². The van der Waals surface area contributed by atoms with E-state index in [9.17, 15) is 5.11 Å². The summed E-state index contributed by atoms with van der Waals surface area (Å²) in [6.45, 7) is 0.938. The van der Waals surface area contributed by atoms with Crippen molar-refractivity contribution in [2.75, 3.05) is 19.8 Å². The monoisotopic (exact) mass is 381 g/mol. The van der Waals surface area contributed by atoms with Crippen LogP contribution in [-0.2, 0) is 10.2 Å². The minimum Gasteiger partial charge on any atom is -0.389 e. The van der Waals surface area contributed by atoms with E-state index in [4.69, 9.17) is 22.1 Å². The Morgan fingerprint density at radius 2 is 1.37 bits per heavy atom. The first-order chi connectivity index (χ1) is 13.2. The van der Waals surface area contributed by atoms with Crippen molar-refractivity contribution in [1.82, 2.24) is 0 Å². The van der Waals surface area contributed by atoms with Gasteiger partial charge < -0.3 is 15.6 Å². The van der Waals surface area contributed by atoms with Crippen molar-refractivity contribution in [1.29, 1.82) is 0 Å². The molecule has 3 aromatic rings. The molecule has 0 aliphatic rings. The summed E-state index contributed by atoms with van der Waals surface area (Å²) in [5, 5.41) is 12.0. The van der Waals surface area contributed by atoms with E-state index in [1.807, 2.05) is 84.9 Å². The molecule has 0 spiro atoms. The lowest BCUT2D eigenvalue weighted by Gasteiger charge is -2.40. The van der Waals surface area contributed by atoms with Crippen molar-refractivity contribution in [2.45, 2.75) is 11.5 Å². The predicted octanol–water partition coefficient (Wildman–Crippen LogP) is 4.01. The molecule has 4 heteroatoms. The van der Waals surface area contributed by atoms with Gasteiger partial charge in [0.1, 0.15) is 0 Å². The van der Waals surface area contributed by atoms with Crippen molar-refractivity contribution in [2.24, 2.45) is 5.73 Å². The first-order valence-electron chi connectivity index (χ1n) is 9.03. The number of nitrogens with two attached hydrogens (primary N) is 1. The number of halogens is 1. The van der Waals surface area contributed by atoms with Crippen molar-refractivity contribution in [3.63, 3.8) is 0 Å². The molecule has 0 aromatic heterocycles. The lowest BCUT2D eigenvalue weighted by molar-refractivity contribution is 0.0140. The van der Waals surface area contributed by atoms with E-state index in [1.165, 1.54) is 0 Å². The molecule has 1 unspecified atom stereocenters. The van der Waals surface area contributed by atoms with Gasteiger partial charge in [0, 0.05) is 11.6 Å². The molecule has 3 rings (SSSR count). The highest BCUT2D eigenvalue weighted by Gasteiger charge is 2.44. The van der Waals surface area contributed by atoms with Gasteiger partial charge in [0.25, 0.3) is 0 Å². The lowest BCUT2D eigenvalue weighted by Crippen LogP contribution is -2.45. The highest BCUT2D eigenvalue weighted by Crippen LogP contribution is 2.45. The maximum atomic E-state index is 11.4. The van der Waals surface area contributed by atoms with Gasteiger partial charge in [-0.2, -0.15) is 0 Å². The van der Waals surface area contributed by atoms with Gasteiger partial charge in [-0.1, -0.05) is 90.5 Å². The van der Waals surface area contributed by atoms with Gasteiger partial charge >= 0.3 is 0 Å². The van der Waals surface area contributed by atoms with Crippen LogP contribution in [0.15, 0.2) is 84.9 Å². The van der Waals surface area contributed by atoms with Crippen LogP contribution in [0.3, 0.4) is 0 Å². The Morgan fingerprint density at radius 3 is 1.89 bits per heavy atom. The van der Waals surface area contributed by atoms with Crippen LogP contribution in [0.2, 0.25) is 5.02 Å². The standard InChI is InChI=1S/C23H24ClNO2/c24-21-14-8-7-13-20(21)23(18-9-3-1-4-10-18,19-11-5-2-6-12-19)22(26)17-27-16-15-25/h1-14,22,26H,15-17,25H2. The third-order valence-corrected chi connectivity index (χ3v) is 5.12. The minimum atomic E-state index is -0.866. The zero-order valence-electron chi connectivity index (χ0n) is 15.1. The van der Waals surface area contributed by atoms with Crippen LogP contribution in [0.4, 0.5) is 0 Å². The van der Waals surface area contributed by atoms with Crippen LogP contribution < -0.4 is 5.73 Å². The van der Waals surface area contributed by atoms with Crippen LogP contribution in [0.25, 0.3) is 0 Å². The van der Waals surface area contributed by atoms with Crippen molar-refractivity contribution in [3.8, 4) is 0 Å². The Kier molecular flexibility index (Phi) is 6.64. The van der Waals surface area contributed by atoms with Crippen molar-refractivity contribution >= 4 is 11.6 Å². The molecule has 0 aliphatic heterocycles. The SMILES string of the molecule is NCCOCC(O)C(c1ccccc1)(c1ccccc1)c1ccccc1Cl. The molecule has 0 aliphatic carbocycles. The summed E-state index contributed by atoms with van der Waals surface area (Å²) in [6.07, 6.45) is -0.853. The molecule has 3 nitrogen and oxygen atoms in total. The number of aliphatic hydroxyl groups is 1. The highest BCUT2D eigenvalue weighted by molar-refractivity contribution is 6.31. The second-order valence-corrected chi connectivity index (χ2v) is 6.81. The van der Waals surface area contributed by atoms with E-state index in [0.717, 1.165) is 16.7 Å². The normalized spacial score (nSPS) is 12.7. The average molecular weight is 382 g/mol. The van der Waals surface area contributed by atoms with Crippen LogP contribution in [0.1, 0.15) is 16.7 Å². The highest BCUT2D eigenvalue weighted by atomic mass is 35.5. The second kappa shape index (κ2) is 9.16. The summed E-state index contributed by atoms with van der Waals surface area (Å²) in [6, 6.07) is 27.5. The molecule has 140 valence electrons. The molecular weight excluding hydrogens is 358 g/mol. The number of ether oxygens (including phenoxy) is 1. The van der Waals surface area contributed by atoms with E-state index in [1.54, 1.807) is 0 Å². The zero-order valence-corrected chi connectivity index (χ0v) is 15.8. The van der Waals surface area contributed by atoms with Gasteiger partial charge in [-0.3, -0.25) is 0 Å². The molecule has 0 bridgehead atoms. The summed E-state index contributed by atoms with van der Waals surface area (Å²) in [5.74, 6) is 0. The quantitative estimate of drug-likeness (QED) is 0.458. The molecule has 27 heavy (non-hydrogen) atoms. The Balaban J connectivity index is 2.27. The first-order valence-corrected chi connectivity index (χ1v) is 9.41. The van der Waals surface area contributed by atoms with E-state index in [0.29, 0.717) is 18.2 Å². The van der Waals surface area contributed by atoms with Gasteiger partial charge in [-0.15, -0.1) is 0 Å². The van der Waals surface area contributed by atoms with Gasteiger partial charge in [0.2, 0.25) is 0 Å². The molecule has 0 saturated heterocycles. The molecule has 1 atom stereocenters. The average Bonchev–Trinajstić information content (AvgIpc) is 2.72. The van der Waals surface area contributed by atoms with Gasteiger partial charge in [-0.25, -0.2) is 0 Å². The maximum Gasteiger partial charge on any atom is 0.0951 e. The summed E-state index contributed by atoms with van der Waals surface area (Å²) < 4.78 is 5.64. The van der Waals surface area contributed by atoms with E-state index >= 15 is 0 Å². The van der Waals surface area contributed by atoms with Crippen LogP contribution >= 0.6 is 11.6 Å². The van der Waals surface area contributed by atoms with E-state index < -0.39 is 11.5 Å². The number of hydrogen-bond acceptors (Lipinski definition) is 3. The maximum absolute atomic E-state index is 11.4. The molecule has 0 amide bonds. The molecule has 0 saturated carbocycles. The third-order valence-electron chi connectivity index (χ3n) is 4.79. The molecular formula is C23H24ClNO2. The van der Waals surface area contributed by atoms with Crippen molar-refractivity contribution in [3.05, 3.63) is 107 Å². The number of aliphatic hydroxyl groups excluding tert-OH is 1. The predicted molar refractivity (Wildman–Crippen MR) is 110 cm³/mol. The van der Waals surface area contributed by atoms with E-state index in [-0.39, 0.29) is 6.61 Å². The summed E-state index contributed by atoms with van der Waals surface area (Å²) >= 11 is 6.64. The second-order valence-electron chi connectivity index (χ2n) is 6.40.